The van der Waals surface area contributed by atoms with Crippen LogP contribution in [0.4, 0.5) is 0 Å². The summed E-state index contributed by atoms with van der Waals surface area (Å²) < 4.78 is 26.2. The zero-order valence-electron chi connectivity index (χ0n) is 51.4. The molecule has 0 amide bonds. The van der Waals surface area contributed by atoms with Crippen molar-refractivity contribution in [3.05, 3.63) is 309 Å². The van der Waals surface area contributed by atoms with E-state index in [-0.39, 0.29) is 0 Å². The second-order valence-corrected chi connectivity index (χ2v) is 25.2. The standard InChI is InChI=1S/C88H51N5O3/c1-7-25-76-62(19-1)71-45-52(55-31-37-68-65-22-4-10-28-82(65)94-85(68)48-55)34-40-79(71)91(76)60-17-13-15-58(43-60)74-51-75(90-88(89-74)93-78-27-9-3-21-64(78)73-47-54(36-42-81(73)93)57-33-39-70-67-24-6-12-30-84(67)96-87(70)50-57)59-16-14-18-61(44-59)92-77-26-8-2-20-63(77)72-46-53(35-41-80(72)92)56-32-38-69-66-23-5-11-29-83(66)95-86(69)49-56/h1-51H. The molecule has 446 valence electrons. The molecule has 0 fully saturated rings. The average Bonchev–Trinajstić information content (AvgIpc) is 1.62. The second-order valence-electron chi connectivity index (χ2n) is 25.2. The van der Waals surface area contributed by atoms with Crippen molar-refractivity contribution >= 4 is 131 Å². The van der Waals surface area contributed by atoms with Gasteiger partial charge in [-0.3, -0.25) is 4.57 Å². The van der Waals surface area contributed by atoms with Gasteiger partial charge in [-0.1, -0.05) is 170 Å². The minimum atomic E-state index is 0.566. The summed E-state index contributed by atoms with van der Waals surface area (Å²) in [5, 5.41) is 13.6. The number of para-hydroxylation sites is 6. The van der Waals surface area contributed by atoms with Crippen LogP contribution in [0.3, 0.4) is 0 Å². The number of furan rings is 3. The van der Waals surface area contributed by atoms with Crippen molar-refractivity contribution in [2.45, 2.75) is 0 Å². The van der Waals surface area contributed by atoms with Gasteiger partial charge in [-0.15, -0.1) is 0 Å². The molecule has 0 radical (unpaired) electrons. The van der Waals surface area contributed by atoms with Gasteiger partial charge in [0.25, 0.3) is 0 Å². The van der Waals surface area contributed by atoms with Crippen molar-refractivity contribution in [1.29, 1.82) is 0 Å². The second kappa shape index (κ2) is 20.2. The van der Waals surface area contributed by atoms with Gasteiger partial charge < -0.3 is 22.4 Å². The predicted octanol–water partition coefficient (Wildman–Crippen LogP) is 23.8. The van der Waals surface area contributed by atoms with Crippen LogP contribution in [0, 0.1) is 0 Å². The fraction of sp³-hybridized carbons (Fsp3) is 0. The van der Waals surface area contributed by atoms with E-state index in [2.05, 4.69) is 287 Å². The first-order chi connectivity index (χ1) is 47.5. The molecule has 7 aromatic heterocycles. The first-order valence-corrected chi connectivity index (χ1v) is 32.5. The van der Waals surface area contributed by atoms with Crippen LogP contribution in [0.15, 0.2) is 323 Å². The highest BCUT2D eigenvalue weighted by Gasteiger charge is 2.22. The Morgan fingerprint density at radius 3 is 0.885 bits per heavy atom. The van der Waals surface area contributed by atoms with Crippen LogP contribution in [0.5, 0.6) is 0 Å². The van der Waals surface area contributed by atoms with Crippen molar-refractivity contribution < 1.29 is 13.3 Å². The Labute approximate surface area is 547 Å². The van der Waals surface area contributed by atoms with Crippen LogP contribution >= 0.6 is 0 Å². The van der Waals surface area contributed by atoms with E-state index >= 15 is 0 Å². The van der Waals surface area contributed by atoms with Gasteiger partial charge >= 0.3 is 0 Å². The Hall–Kier alpha value is -13.0. The van der Waals surface area contributed by atoms with Gasteiger partial charge in [-0.25, -0.2) is 9.97 Å². The molecule has 14 aromatic carbocycles. The number of nitrogens with zero attached hydrogens (tertiary/aromatic N) is 5. The molecule has 0 bridgehead atoms. The third-order valence-electron chi connectivity index (χ3n) is 19.9. The Morgan fingerprint density at radius 2 is 0.490 bits per heavy atom. The summed E-state index contributed by atoms with van der Waals surface area (Å²) in [6.07, 6.45) is 0. The summed E-state index contributed by atoms with van der Waals surface area (Å²) >= 11 is 0. The number of hydrogen-bond donors (Lipinski definition) is 0. The van der Waals surface area contributed by atoms with Crippen LogP contribution in [-0.4, -0.2) is 23.7 Å². The van der Waals surface area contributed by atoms with E-state index in [1.165, 1.54) is 21.5 Å². The molecule has 8 heteroatoms. The molecule has 21 rings (SSSR count). The van der Waals surface area contributed by atoms with Gasteiger partial charge in [0, 0.05) is 87.1 Å². The van der Waals surface area contributed by atoms with Crippen molar-refractivity contribution in [2.75, 3.05) is 0 Å². The summed E-state index contributed by atoms with van der Waals surface area (Å²) in [6.45, 7) is 0. The molecular weight excluding hydrogens is 1170 g/mol. The number of aromatic nitrogens is 5. The van der Waals surface area contributed by atoms with Crippen molar-refractivity contribution in [3.63, 3.8) is 0 Å². The molecular formula is C88H51N5O3. The van der Waals surface area contributed by atoms with Crippen LogP contribution < -0.4 is 0 Å². The van der Waals surface area contributed by atoms with Crippen LogP contribution in [0.1, 0.15) is 0 Å². The molecule has 7 heterocycles. The maximum Gasteiger partial charge on any atom is 0.235 e. The van der Waals surface area contributed by atoms with Crippen LogP contribution in [0.25, 0.3) is 204 Å². The Morgan fingerprint density at radius 1 is 0.188 bits per heavy atom. The summed E-state index contributed by atoms with van der Waals surface area (Å²) in [5.74, 6) is 0.566. The Bertz CT molecular complexity index is 6570. The molecule has 96 heavy (non-hydrogen) atoms. The molecule has 0 N–H and O–H groups in total. The van der Waals surface area contributed by atoms with E-state index in [9.17, 15) is 0 Å². The van der Waals surface area contributed by atoms with Crippen molar-refractivity contribution in [1.82, 2.24) is 23.7 Å². The van der Waals surface area contributed by atoms with E-state index < -0.39 is 0 Å². The lowest BCUT2D eigenvalue weighted by Gasteiger charge is -2.14. The number of fused-ring (bicyclic) bond motifs is 18. The van der Waals surface area contributed by atoms with Gasteiger partial charge in [0.05, 0.1) is 44.5 Å². The van der Waals surface area contributed by atoms with Crippen molar-refractivity contribution in [3.8, 4) is 73.2 Å². The highest BCUT2D eigenvalue weighted by atomic mass is 16.3. The number of rotatable bonds is 8. The third kappa shape index (κ3) is 7.96. The fourth-order valence-corrected chi connectivity index (χ4v) is 15.4. The fourth-order valence-electron chi connectivity index (χ4n) is 15.4. The lowest BCUT2D eigenvalue weighted by Crippen LogP contribution is -2.04. The lowest BCUT2D eigenvalue weighted by molar-refractivity contribution is 0.668. The molecule has 8 nitrogen and oxygen atoms in total. The smallest absolute Gasteiger partial charge is 0.235 e. The first kappa shape index (κ1) is 52.6. The zero-order valence-corrected chi connectivity index (χ0v) is 51.4. The first-order valence-electron chi connectivity index (χ1n) is 32.5. The monoisotopic (exact) mass is 1230 g/mol. The average molecular weight is 1230 g/mol. The summed E-state index contributed by atoms with van der Waals surface area (Å²) in [6, 6.07) is 111. The molecule has 0 unspecified atom stereocenters. The van der Waals surface area contributed by atoms with E-state index in [1.807, 2.05) is 36.4 Å². The molecule has 0 spiro atoms. The zero-order chi connectivity index (χ0) is 62.7. The molecule has 0 aliphatic rings. The van der Waals surface area contributed by atoms with E-state index in [0.29, 0.717) is 5.95 Å². The topological polar surface area (TPSA) is 80.0 Å². The molecule has 0 saturated carbocycles. The van der Waals surface area contributed by atoms with Gasteiger partial charge in [-0.05, 0) is 173 Å². The van der Waals surface area contributed by atoms with Crippen LogP contribution in [-0.2, 0) is 0 Å². The van der Waals surface area contributed by atoms with Crippen molar-refractivity contribution in [2.24, 2.45) is 0 Å². The normalized spacial score (nSPS) is 12.2. The summed E-state index contributed by atoms with van der Waals surface area (Å²) in [4.78, 5) is 11.3. The maximum atomic E-state index is 6.41. The number of hydrogen-bond acceptors (Lipinski definition) is 5. The SMILES string of the molecule is c1cc(-c2cc(-c3cccc(-n4c5ccccc5c5cc(-c6ccc7c(c6)oc6ccccc67)ccc54)c3)nc(-n3c4ccccc4c4cc(-c5ccc6c(c5)oc5ccccc56)ccc43)n2)cc(-n2c3ccccc3c3cc(-c4ccc5c(c4)oc4ccccc45)ccc32)c1. The lowest BCUT2D eigenvalue weighted by atomic mass is 10.0. The third-order valence-corrected chi connectivity index (χ3v) is 19.9. The highest BCUT2D eigenvalue weighted by molar-refractivity contribution is 6.15. The summed E-state index contributed by atoms with van der Waals surface area (Å²) in [5.41, 5.74) is 23.9. The van der Waals surface area contributed by atoms with E-state index in [1.54, 1.807) is 0 Å². The van der Waals surface area contributed by atoms with E-state index in [0.717, 1.165) is 177 Å². The van der Waals surface area contributed by atoms with Gasteiger partial charge in [0.15, 0.2) is 0 Å². The van der Waals surface area contributed by atoms with Crippen LogP contribution in [0.2, 0.25) is 0 Å². The Kier molecular flexibility index (Phi) is 11.1. The summed E-state index contributed by atoms with van der Waals surface area (Å²) in [7, 11) is 0. The largest absolute Gasteiger partial charge is 0.456 e. The Balaban J connectivity index is 0.724. The molecule has 0 saturated heterocycles. The van der Waals surface area contributed by atoms with Gasteiger partial charge in [0.1, 0.15) is 33.5 Å². The van der Waals surface area contributed by atoms with Gasteiger partial charge in [-0.2, -0.15) is 0 Å². The predicted molar refractivity (Wildman–Crippen MR) is 394 cm³/mol. The number of benzene rings is 14. The molecule has 0 aliphatic carbocycles. The molecule has 0 aliphatic heterocycles. The maximum absolute atomic E-state index is 6.41. The quantitative estimate of drug-likeness (QED) is 0.151. The molecule has 21 aromatic rings. The molecule has 0 atom stereocenters. The van der Waals surface area contributed by atoms with E-state index in [4.69, 9.17) is 23.2 Å². The van der Waals surface area contributed by atoms with Gasteiger partial charge in [0.2, 0.25) is 5.95 Å². The minimum Gasteiger partial charge on any atom is -0.456 e. The highest BCUT2D eigenvalue weighted by Crippen LogP contribution is 2.43. The minimum absolute atomic E-state index is 0.566.